The van der Waals surface area contributed by atoms with Crippen LogP contribution in [-0.4, -0.2) is 21.8 Å². The first-order valence-corrected chi connectivity index (χ1v) is 6.93. The Morgan fingerprint density at radius 1 is 1.40 bits per heavy atom. The number of benzene rings is 1. The van der Waals surface area contributed by atoms with E-state index in [2.05, 4.69) is 15.5 Å². The van der Waals surface area contributed by atoms with Gasteiger partial charge in [-0.1, -0.05) is 17.3 Å². The summed E-state index contributed by atoms with van der Waals surface area (Å²) in [5, 5.41) is 16.7. The van der Waals surface area contributed by atoms with Crippen molar-refractivity contribution >= 4 is 28.1 Å². The lowest BCUT2D eigenvalue weighted by atomic mass is 10.0. The van der Waals surface area contributed by atoms with Crippen LogP contribution in [0.15, 0.2) is 28.7 Å². The third kappa shape index (κ3) is 2.85. The lowest BCUT2D eigenvalue weighted by Gasteiger charge is -2.07. The van der Waals surface area contributed by atoms with Crippen LogP contribution in [0.2, 0.25) is 0 Å². The van der Waals surface area contributed by atoms with E-state index in [9.17, 15) is 4.79 Å². The van der Waals surface area contributed by atoms with Crippen LogP contribution in [-0.2, 0) is 0 Å². The Kier molecular flexibility index (Phi) is 4.14. The largest absolute Gasteiger partial charge is 0.411 e. The summed E-state index contributed by atoms with van der Waals surface area (Å²) in [7, 11) is 0. The zero-order chi connectivity index (χ0) is 14.7. The van der Waals surface area contributed by atoms with Crippen molar-refractivity contribution in [3.63, 3.8) is 0 Å². The van der Waals surface area contributed by atoms with Crippen LogP contribution in [0.3, 0.4) is 0 Å². The molecule has 104 valence electrons. The number of rotatable bonds is 3. The number of nitrogens with one attached hydrogen (secondary N) is 1. The molecule has 1 amide bonds. The number of hydrogen-bond donors (Lipinski definition) is 2. The minimum absolute atomic E-state index is 0.189. The molecule has 5 nitrogen and oxygen atoms in total. The third-order valence-corrected chi connectivity index (χ3v) is 3.85. The molecular formula is C14H15N3O2S. The highest BCUT2D eigenvalue weighted by molar-refractivity contribution is 7.14. The third-order valence-electron chi connectivity index (χ3n) is 3.09. The summed E-state index contributed by atoms with van der Waals surface area (Å²) in [6, 6.07) is 5.61. The van der Waals surface area contributed by atoms with E-state index in [4.69, 9.17) is 5.21 Å². The molecule has 0 radical (unpaired) electrons. The summed E-state index contributed by atoms with van der Waals surface area (Å²) in [4.78, 5) is 16.4. The fourth-order valence-corrected chi connectivity index (χ4v) is 2.46. The maximum absolute atomic E-state index is 12.2. The number of nitrogens with zero attached hydrogens (tertiary/aromatic N) is 2. The van der Waals surface area contributed by atoms with Gasteiger partial charge in [0.2, 0.25) is 0 Å². The van der Waals surface area contributed by atoms with E-state index < -0.39 is 0 Å². The minimum atomic E-state index is -0.189. The number of hydrogen-bond acceptors (Lipinski definition) is 5. The first-order chi connectivity index (χ1) is 9.52. The Morgan fingerprint density at radius 3 is 2.85 bits per heavy atom. The molecule has 0 atom stereocenters. The molecule has 1 heterocycles. The Morgan fingerprint density at radius 2 is 2.15 bits per heavy atom. The van der Waals surface area contributed by atoms with Crippen molar-refractivity contribution in [3.8, 4) is 0 Å². The first-order valence-electron chi connectivity index (χ1n) is 6.05. The zero-order valence-corrected chi connectivity index (χ0v) is 12.3. The van der Waals surface area contributed by atoms with Crippen LogP contribution in [0.5, 0.6) is 0 Å². The summed E-state index contributed by atoms with van der Waals surface area (Å²) in [6.45, 7) is 5.53. The summed E-state index contributed by atoms with van der Waals surface area (Å²) < 4.78 is 0. The fourth-order valence-electron chi connectivity index (χ4n) is 1.71. The molecular weight excluding hydrogens is 274 g/mol. The predicted octanol–water partition coefficient (Wildman–Crippen LogP) is 3.21. The van der Waals surface area contributed by atoms with Gasteiger partial charge in [0.15, 0.2) is 5.13 Å². The summed E-state index contributed by atoms with van der Waals surface area (Å²) >= 11 is 1.29. The molecule has 2 N–H and O–H groups in total. The molecule has 20 heavy (non-hydrogen) atoms. The van der Waals surface area contributed by atoms with E-state index in [1.165, 1.54) is 11.3 Å². The second kappa shape index (κ2) is 5.83. The number of carbonyl (C=O) groups is 1. The fraction of sp³-hybridized carbons (Fsp3) is 0.214. The van der Waals surface area contributed by atoms with Crippen LogP contribution in [0, 0.1) is 13.8 Å². The Balaban J connectivity index is 2.20. The number of anilines is 1. The van der Waals surface area contributed by atoms with E-state index in [0.29, 0.717) is 22.1 Å². The van der Waals surface area contributed by atoms with E-state index in [1.807, 2.05) is 26.0 Å². The highest BCUT2D eigenvalue weighted by Gasteiger charge is 2.13. The number of aromatic nitrogens is 1. The predicted molar refractivity (Wildman–Crippen MR) is 80.0 cm³/mol. The van der Waals surface area contributed by atoms with Gasteiger partial charge >= 0.3 is 0 Å². The molecule has 0 aliphatic carbocycles. The Hall–Kier alpha value is -2.21. The number of thiazole rings is 1. The van der Waals surface area contributed by atoms with Crippen LogP contribution in [0.4, 0.5) is 5.13 Å². The first kappa shape index (κ1) is 14.2. The van der Waals surface area contributed by atoms with E-state index in [1.54, 1.807) is 18.4 Å². The highest BCUT2D eigenvalue weighted by atomic mass is 32.1. The van der Waals surface area contributed by atoms with Crippen molar-refractivity contribution in [2.24, 2.45) is 5.16 Å². The van der Waals surface area contributed by atoms with Crippen LogP contribution in [0.25, 0.3) is 0 Å². The smallest absolute Gasteiger partial charge is 0.257 e. The number of carbonyl (C=O) groups excluding carboxylic acids is 1. The SMILES string of the molecule is CC(=NO)c1csc(NC(=O)c2cccc(C)c2C)n1. The molecule has 1 aromatic heterocycles. The van der Waals surface area contributed by atoms with Gasteiger partial charge in [-0.25, -0.2) is 4.98 Å². The van der Waals surface area contributed by atoms with Crippen molar-refractivity contribution in [2.45, 2.75) is 20.8 Å². The zero-order valence-electron chi connectivity index (χ0n) is 11.5. The molecule has 0 aliphatic heterocycles. The molecule has 0 unspecified atom stereocenters. The van der Waals surface area contributed by atoms with Crippen molar-refractivity contribution in [1.82, 2.24) is 4.98 Å². The standard InChI is InChI=1S/C14H15N3O2S/c1-8-5-4-6-11(9(8)2)13(18)16-14-15-12(7-20-14)10(3)17-19/h4-7,19H,1-3H3,(H,15,16,18). The molecule has 0 saturated carbocycles. The molecule has 0 spiro atoms. The summed E-state index contributed by atoms with van der Waals surface area (Å²) in [5.74, 6) is -0.189. The van der Waals surface area contributed by atoms with Gasteiger partial charge < -0.3 is 5.21 Å². The lowest BCUT2D eigenvalue weighted by Crippen LogP contribution is -2.14. The quantitative estimate of drug-likeness (QED) is 0.517. The number of oxime groups is 1. The number of aryl methyl sites for hydroxylation is 1. The van der Waals surface area contributed by atoms with E-state index in [0.717, 1.165) is 11.1 Å². The number of amides is 1. The second-order valence-electron chi connectivity index (χ2n) is 4.42. The van der Waals surface area contributed by atoms with E-state index in [-0.39, 0.29) is 5.91 Å². The molecule has 6 heteroatoms. The van der Waals surface area contributed by atoms with Gasteiger partial charge in [0, 0.05) is 10.9 Å². The van der Waals surface area contributed by atoms with Gasteiger partial charge in [-0.05, 0) is 38.0 Å². The average molecular weight is 289 g/mol. The van der Waals surface area contributed by atoms with Crippen LogP contribution >= 0.6 is 11.3 Å². The minimum Gasteiger partial charge on any atom is -0.411 e. The normalized spacial score (nSPS) is 11.4. The van der Waals surface area contributed by atoms with Crippen LogP contribution < -0.4 is 5.32 Å². The second-order valence-corrected chi connectivity index (χ2v) is 5.28. The van der Waals surface area contributed by atoms with Crippen molar-refractivity contribution in [3.05, 3.63) is 46.0 Å². The molecule has 2 rings (SSSR count). The molecule has 0 fully saturated rings. The topological polar surface area (TPSA) is 74.6 Å². The van der Waals surface area contributed by atoms with Crippen molar-refractivity contribution in [1.29, 1.82) is 0 Å². The maximum Gasteiger partial charge on any atom is 0.257 e. The molecule has 0 aliphatic rings. The summed E-state index contributed by atoms with van der Waals surface area (Å²) in [6.07, 6.45) is 0. The van der Waals surface area contributed by atoms with E-state index >= 15 is 0 Å². The van der Waals surface area contributed by atoms with Crippen molar-refractivity contribution < 1.29 is 10.0 Å². The highest BCUT2D eigenvalue weighted by Crippen LogP contribution is 2.19. The van der Waals surface area contributed by atoms with Gasteiger partial charge in [-0.2, -0.15) is 0 Å². The Bertz CT molecular complexity index is 677. The van der Waals surface area contributed by atoms with Crippen molar-refractivity contribution in [2.75, 3.05) is 5.32 Å². The molecule has 0 saturated heterocycles. The molecule has 2 aromatic rings. The van der Waals surface area contributed by atoms with Gasteiger partial charge in [0.25, 0.3) is 5.91 Å². The summed E-state index contributed by atoms with van der Waals surface area (Å²) in [5.41, 5.74) is 3.62. The van der Waals surface area contributed by atoms with Crippen LogP contribution in [0.1, 0.15) is 34.1 Å². The molecule has 0 bridgehead atoms. The molecule has 1 aromatic carbocycles. The van der Waals surface area contributed by atoms with Gasteiger partial charge in [-0.3, -0.25) is 10.1 Å². The Labute approximate surface area is 121 Å². The monoisotopic (exact) mass is 289 g/mol. The maximum atomic E-state index is 12.2. The van der Waals surface area contributed by atoms with Gasteiger partial charge in [0.1, 0.15) is 11.4 Å². The lowest BCUT2D eigenvalue weighted by molar-refractivity contribution is 0.102. The average Bonchev–Trinajstić information content (AvgIpc) is 2.89. The van der Waals surface area contributed by atoms with Gasteiger partial charge in [-0.15, -0.1) is 11.3 Å². The van der Waals surface area contributed by atoms with Gasteiger partial charge in [0.05, 0.1) is 0 Å².